The van der Waals surface area contributed by atoms with E-state index < -0.39 is 0 Å². The highest BCUT2D eigenvalue weighted by atomic mass is 32.2. The Morgan fingerprint density at radius 1 is 1.14 bits per heavy atom. The fourth-order valence-electron chi connectivity index (χ4n) is 3.38. The maximum Gasteiger partial charge on any atom is 0.251 e. The van der Waals surface area contributed by atoms with E-state index in [-0.39, 0.29) is 23.7 Å². The number of thioether (sulfide) groups is 1. The molecule has 0 bridgehead atoms. The summed E-state index contributed by atoms with van der Waals surface area (Å²) in [5.74, 6) is -0.00246. The fraction of sp³-hybridized carbons (Fsp3) is 0.227. The van der Waals surface area contributed by atoms with Crippen molar-refractivity contribution in [3.05, 3.63) is 93.2 Å². The summed E-state index contributed by atoms with van der Waals surface area (Å²) in [6.07, 6.45) is 0.897. The molecule has 5 nitrogen and oxygen atoms in total. The molecule has 1 aromatic heterocycles. The molecule has 4 rings (SSSR count). The number of carbonyl (C=O) groups is 1. The first-order chi connectivity index (χ1) is 14.1. The number of H-pyrrole nitrogens is 1. The van der Waals surface area contributed by atoms with Crippen LogP contribution in [0.5, 0.6) is 0 Å². The number of nitrogens with zero attached hydrogens (tertiary/aromatic N) is 2. The molecule has 1 aliphatic heterocycles. The largest absolute Gasteiger partial charge is 0.338 e. The minimum Gasteiger partial charge on any atom is -0.338 e. The number of hydrogen-bond acceptors (Lipinski definition) is 4. The van der Waals surface area contributed by atoms with Gasteiger partial charge in [-0.3, -0.25) is 9.59 Å². The van der Waals surface area contributed by atoms with Gasteiger partial charge in [-0.2, -0.15) is 0 Å². The standard InChI is InChI=1S/C22H20FN3O2S/c23-19-8-4-3-7-17(19)14-29-22-24-18(11-20(27)25-22)12-21(28)26-10-9-15-5-1-2-6-16(15)13-26/h1-8,11H,9-10,12-14H2,(H,24,25,27). The van der Waals surface area contributed by atoms with Crippen LogP contribution in [0.25, 0.3) is 0 Å². The maximum atomic E-state index is 13.8. The summed E-state index contributed by atoms with van der Waals surface area (Å²) in [5.41, 5.74) is 3.08. The Bertz CT molecular complexity index is 1100. The van der Waals surface area contributed by atoms with Gasteiger partial charge in [0, 0.05) is 24.9 Å². The van der Waals surface area contributed by atoms with Crippen molar-refractivity contribution in [2.45, 2.75) is 30.3 Å². The Morgan fingerprint density at radius 3 is 2.72 bits per heavy atom. The van der Waals surface area contributed by atoms with E-state index in [1.165, 1.54) is 29.5 Å². The molecule has 0 aliphatic carbocycles. The predicted molar refractivity (Wildman–Crippen MR) is 110 cm³/mol. The summed E-state index contributed by atoms with van der Waals surface area (Å²) in [6, 6.07) is 16.0. The zero-order valence-electron chi connectivity index (χ0n) is 15.7. The number of aromatic nitrogens is 2. The van der Waals surface area contributed by atoms with Crippen LogP contribution in [0.4, 0.5) is 4.39 Å². The molecule has 0 atom stereocenters. The lowest BCUT2D eigenvalue weighted by Gasteiger charge is -2.28. The van der Waals surface area contributed by atoms with Gasteiger partial charge in [-0.05, 0) is 29.2 Å². The number of carbonyl (C=O) groups excluding carboxylic acids is 1. The average molecular weight is 409 g/mol. The molecule has 7 heteroatoms. The van der Waals surface area contributed by atoms with Gasteiger partial charge >= 0.3 is 0 Å². The van der Waals surface area contributed by atoms with Gasteiger partial charge in [-0.1, -0.05) is 54.2 Å². The lowest BCUT2D eigenvalue weighted by molar-refractivity contribution is -0.131. The van der Waals surface area contributed by atoms with Crippen molar-refractivity contribution in [1.29, 1.82) is 0 Å². The molecular weight excluding hydrogens is 389 g/mol. The average Bonchev–Trinajstić information content (AvgIpc) is 2.72. The highest BCUT2D eigenvalue weighted by molar-refractivity contribution is 7.98. The molecule has 29 heavy (non-hydrogen) atoms. The van der Waals surface area contributed by atoms with Gasteiger partial charge in [-0.25, -0.2) is 9.37 Å². The Morgan fingerprint density at radius 2 is 1.90 bits per heavy atom. The third-order valence-electron chi connectivity index (χ3n) is 4.91. The molecule has 1 amide bonds. The van der Waals surface area contributed by atoms with Crippen molar-refractivity contribution in [2.24, 2.45) is 0 Å². The van der Waals surface area contributed by atoms with E-state index in [4.69, 9.17) is 0 Å². The number of halogens is 1. The summed E-state index contributed by atoms with van der Waals surface area (Å²) in [6.45, 7) is 1.24. The van der Waals surface area contributed by atoms with Crippen LogP contribution in [-0.4, -0.2) is 27.3 Å². The van der Waals surface area contributed by atoms with Crippen molar-refractivity contribution in [1.82, 2.24) is 14.9 Å². The number of nitrogens with one attached hydrogen (secondary N) is 1. The van der Waals surface area contributed by atoms with Gasteiger partial charge in [0.1, 0.15) is 5.82 Å². The Balaban J connectivity index is 1.43. The van der Waals surface area contributed by atoms with Crippen molar-refractivity contribution in [3.63, 3.8) is 0 Å². The van der Waals surface area contributed by atoms with Crippen LogP contribution in [0.3, 0.4) is 0 Å². The van der Waals surface area contributed by atoms with Crippen LogP contribution < -0.4 is 5.56 Å². The Labute approximate surface area is 172 Å². The molecule has 1 N–H and O–H groups in total. The highest BCUT2D eigenvalue weighted by Gasteiger charge is 2.21. The van der Waals surface area contributed by atoms with E-state index in [0.717, 1.165) is 12.0 Å². The molecule has 0 saturated carbocycles. The third-order valence-corrected chi connectivity index (χ3v) is 5.83. The van der Waals surface area contributed by atoms with Crippen molar-refractivity contribution in [2.75, 3.05) is 6.54 Å². The summed E-state index contributed by atoms with van der Waals surface area (Å²) in [7, 11) is 0. The zero-order chi connectivity index (χ0) is 20.2. The fourth-order valence-corrected chi connectivity index (χ4v) is 4.26. The minimum absolute atomic E-state index is 0.0531. The summed E-state index contributed by atoms with van der Waals surface area (Å²) in [5, 5.41) is 0.382. The van der Waals surface area contributed by atoms with Crippen molar-refractivity contribution in [3.8, 4) is 0 Å². The molecule has 148 valence electrons. The van der Waals surface area contributed by atoms with Crippen molar-refractivity contribution >= 4 is 17.7 Å². The van der Waals surface area contributed by atoms with E-state index in [0.29, 0.717) is 35.3 Å². The molecule has 0 spiro atoms. The molecule has 3 aromatic rings. The molecule has 2 aromatic carbocycles. The van der Waals surface area contributed by atoms with E-state index in [9.17, 15) is 14.0 Å². The SMILES string of the molecule is O=C(Cc1cc(=O)[nH]c(SCc2ccccc2F)n1)N1CCc2ccccc2C1. The third kappa shape index (κ3) is 4.74. The normalized spacial score (nSPS) is 13.2. The molecule has 2 heterocycles. The number of fused-ring (bicyclic) bond motifs is 1. The minimum atomic E-state index is -0.317. The van der Waals surface area contributed by atoms with Crippen LogP contribution in [-0.2, 0) is 29.9 Å². The number of amides is 1. The molecule has 0 radical (unpaired) electrons. The highest BCUT2D eigenvalue weighted by Crippen LogP contribution is 2.21. The first kappa shape index (κ1) is 19.4. The lowest BCUT2D eigenvalue weighted by atomic mass is 9.99. The molecule has 1 aliphatic rings. The summed E-state index contributed by atoms with van der Waals surface area (Å²) >= 11 is 1.24. The number of benzene rings is 2. The number of aromatic amines is 1. The quantitative estimate of drug-likeness (QED) is 0.519. The molecule has 0 unspecified atom stereocenters. The first-order valence-electron chi connectivity index (χ1n) is 9.39. The van der Waals surface area contributed by atoms with Crippen LogP contribution >= 0.6 is 11.8 Å². The molecular formula is C22H20FN3O2S. The number of rotatable bonds is 5. The Kier molecular flexibility index (Phi) is 5.76. The van der Waals surface area contributed by atoms with E-state index in [1.807, 2.05) is 18.2 Å². The van der Waals surface area contributed by atoms with Gasteiger partial charge in [0.05, 0.1) is 12.1 Å². The second-order valence-electron chi connectivity index (χ2n) is 6.93. The maximum absolute atomic E-state index is 13.8. The van der Waals surface area contributed by atoms with E-state index in [1.54, 1.807) is 23.1 Å². The summed E-state index contributed by atoms with van der Waals surface area (Å²) in [4.78, 5) is 33.6. The van der Waals surface area contributed by atoms with Gasteiger partial charge in [0.25, 0.3) is 5.56 Å². The monoisotopic (exact) mass is 409 g/mol. The number of hydrogen-bond donors (Lipinski definition) is 1. The van der Waals surface area contributed by atoms with Crippen LogP contribution in [0.1, 0.15) is 22.4 Å². The van der Waals surface area contributed by atoms with Crippen LogP contribution in [0, 0.1) is 5.82 Å². The van der Waals surface area contributed by atoms with Gasteiger partial charge in [-0.15, -0.1) is 0 Å². The molecule has 0 fully saturated rings. The van der Waals surface area contributed by atoms with E-state index in [2.05, 4.69) is 16.0 Å². The summed E-state index contributed by atoms with van der Waals surface area (Å²) < 4.78 is 13.8. The van der Waals surface area contributed by atoms with Crippen LogP contribution in [0.15, 0.2) is 64.5 Å². The topological polar surface area (TPSA) is 66.1 Å². The van der Waals surface area contributed by atoms with Gasteiger partial charge < -0.3 is 9.88 Å². The lowest BCUT2D eigenvalue weighted by Crippen LogP contribution is -2.37. The molecule has 0 saturated heterocycles. The smallest absolute Gasteiger partial charge is 0.251 e. The first-order valence-corrected chi connectivity index (χ1v) is 10.4. The van der Waals surface area contributed by atoms with Crippen molar-refractivity contribution < 1.29 is 9.18 Å². The van der Waals surface area contributed by atoms with Crippen LogP contribution in [0.2, 0.25) is 0 Å². The van der Waals surface area contributed by atoms with Gasteiger partial charge in [0.15, 0.2) is 5.16 Å². The second kappa shape index (κ2) is 8.61. The second-order valence-corrected chi connectivity index (χ2v) is 7.90. The zero-order valence-corrected chi connectivity index (χ0v) is 16.5. The Hall–Kier alpha value is -2.93. The van der Waals surface area contributed by atoms with Gasteiger partial charge in [0.2, 0.25) is 5.91 Å². The van der Waals surface area contributed by atoms with E-state index >= 15 is 0 Å². The predicted octanol–water partition coefficient (Wildman–Crippen LogP) is 3.33.